The Bertz CT molecular complexity index is 1320. The molecule has 0 aliphatic carbocycles. The van der Waals surface area contributed by atoms with Gasteiger partial charge in [-0.15, -0.1) is 0 Å². The predicted octanol–water partition coefficient (Wildman–Crippen LogP) is 5.37. The van der Waals surface area contributed by atoms with Crippen molar-refractivity contribution < 1.29 is 19.0 Å². The van der Waals surface area contributed by atoms with Gasteiger partial charge in [-0.25, -0.2) is 0 Å². The SMILES string of the molecule is COc1cc(/C=C/C(=O)Nc2cc(C)nc3c2ccc2ccccc23)cc(OC)c1OC. The highest BCUT2D eigenvalue weighted by atomic mass is 16.5. The van der Waals surface area contributed by atoms with Gasteiger partial charge < -0.3 is 19.5 Å². The molecule has 0 radical (unpaired) electrons. The van der Waals surface area contributed by atoms with Crippen LogP contribution in [0.25, 0.3) is 27.8 Å². The number of hydrogen-bond acceptors (Lipinski definition) is 5. The first-order valence-corrected chi connectivity index (χ1v) is 10.1. The van der Waals surface area contributed by atoms with Gasteiger partial charge in [-0.05, 0) is 42.1 Å². The number of rotatable bonds is 6. The first kappa shape index (κ1) is 21.2. The molecular weight excluding hydrogens is 404 g/mol. The van der Waals surface area contributed by atoms with E-state index in [0.717, 1.165) is 38.6 Å². The van der Waals surface area contributed by atoms with Gasteiger partial charge in [-0.3, -0.25) is 9.78 Å². The molecule has 0 atom stereocenters. The predicted molar refractivity (Wildman–Crippen MR) is 128 cm³/mol. The lowest BCUT2D eigenvalue weighted by molar-refractivity contribution is -0.111. The Morgan fingerprint density at radius 1 is 0.906 bits per heavy atom. The van der Waals surface area contributed by atoms with Gasteiger partial charge in [0, 0.05) is 22.5 Å². The first-order valence-electron chi connectivity index (χ1n) is 10.1. The van der Waals surface area contributed by atoms with Crippen LogP contribution in [0, 0.1) is 6.92 Å². The summed E-state index contributed by atoms with van der Waals surface area (Å²) in [5.41, 5.74) is 3.17. The quantitative estimate of drug-likeness (QED) is 0.330. The number of aromatic nitrogens is 1. The number of hydrogen-bond donors (Lipinski definition) is 1. The van der Waals surface area contributed by atoms with Crippen LogP contribution in [0.2, 0.25) is 0 Å². The van der Waals surface area contributed by atoms with E-state index in [2.05, 4.69) is 11.4 Å². The number of nitrogens with one attached hydrogen (secondary N) is 1. The second-order valence-electron chi connectivity index (χ2n) is 7.28. The van der Waals surface area contributed by atoms with Crippen molar-refractivity contribution in [1.82, 2.24) is 4.98 Å². The highest BCUT2D eigenvalue weighted by Gasteiger charge is 2.13. The molecule has 32 heavy (non-hydrogen) atoms. The molecule has 0 fully saturated rings. The molecule has 3 aromatic carbocycles. The molecule has 0 aliphatic heterocycles. The van der Waals surface area contributed by atoms with E-state index in [1.165, 1.54) is 6.08 Å². The van der Waals surface area contributed by atoms with Gasteiger partial charge in [0.05, 0.1) is 32.5 Å². The number of pyridine rings is 1. The summed E-state index contributed by atoms with van der Waals surface area (Å²) >= 11 is 0. The molecule has 0 aliphatic rings. The number of aryl methyl sites for hydroxylation is 1. The summed E-state index contributed by atoms with van der Waals surface area (Å²) in [7, 11) is 4.66. The third-order valence-corrected chi connectivity index (χ3v) is 5.20. The molecule has 162 valence electrons. The van der Waals surface area contributed by atoms with Crippen LogP contribution in [0.1, 0.15) is 11.3 Å². The van der Waals surface area contributed by atoms with Crippen LogP contribution in [0.4, 0.5) is 5.69 Å². The molecule has 1 N–H and O–H groups in total. The van der Waals surface area contributed by atoms with Gasteiger partial charge in [0.15, 0.2) is 11.5 Å². The summed E-state index contributed by atoms with van der Waals surface area (Å²) in [5.74, 6) is 1.30. The van der Waals surface area contributed by atoms with Crippen LogP contribution in [-0.2, 0) is 4.79 Å². The van der Waals surface area contributed by atoms with Crippen molar-refractivity contribution in [3.8, 4) is 17.2 Å². The number of carbonyl (C=O) groups excluding carboxylic acids is 1. The molecular formula is C26H24N2O4. The lowest BCUT2D eigenvalue weighted by Crippen LogP contribution is -2.09. The monoisotopic (exact) mass is 428 g/mol. The van der Waals surface area contributed by atoms with E-state index in [9.17, 15) is 4.79 Å². The average Bonchev–Trinajstić information content (AvgIpc) is 2.81. The zero-order valence-corrected chi connectivity index (χ0v) is 18.4. The molecule has 4 rings (SSSR count). The number of fused-ring (bicyclic) bond motifs is 3. The molecule has 0 bridgehead atoms. The molecule has 6 nitrogen and oxygen atoms in total. The summed E-state index contributed by atoms with van der Waals surface area (Å²) in [6.07, 6.45) is 3.18. The third kappa shape index (κ3) is 4.07. The molecule has 6 heteroatoms. The van der Waals surface area contributed by atoms with Crippen molar-refractivity contribution >= 4 is 39.3 Å². The summed E-state index contributed by atoms with van der Waals surface area (Å²) in [4.78, 5) is 17.4. The Balaban J connectivity index is 1.65. The zero-order chi connectivity index (χ0) is 22.7. The number of anilines is 1. The number of ether oxygens (including phenoxy) is 3. The largest absolute Gasteiger partial charge is 0.493 e. The van der Waals surface area contributed by atoms with Crippen LogP contribution in [0.5, 0.6) is 17.2 Å². The average molecular weight is 428 g/mol. The normalized spacial score (nSPS) is 11.1. The molecule has 1 heterocycles. The van der Waals surface area contributed by atoms with E-state index in [4.69, 9.17) is 19.2 Å². The van der Waals surface area contributed by atoms with Crippen molar-refractivity contribution in [2.75, 3.05) is 26.6 Å². The van der Waals surface area contributed by atoms with Gasteiger partial charge in [-0.2, -0.15) is 0 Å². The molecule has 1 aromatic heterocycles. The highest BCUT2D eigenvalue weighted by molar-refractivity contribution is 6.13. The summed E-state index contributed by atoms with van der Waals surface area (Å²) in [6, 6.07) is 17.6. The number of methoxy groups -OCH3 is 3. The Hall–Kier alpha value is -4.06. The van der Waals surface area contributed by atoms with Crippen molar-refractivity contribution in [3.05, 3.63) is 71.9 Å². The Kier molecular flexibility index (Phi) is 5.94. The van der Waals surface area contributed by atoms with Gasteiger partial charge >= 0.3 is 0 Å². The maximum atomic E-state index is 12.7. The molecule has 1 amide bonds. The van der Waals surface area contributed by atoms with Gasteiger partial charge in [0.2, 0.25) is 11.7 Å². The van der Waals surface area contributed by atoms with E-state index >= 15 is 0 Å². The van der Waals surface area contributed by atoms with Crippen LogP contribution in [0.15, 0.2) is 60.7 Å². The van der Waals surface area contributed by atoms with Crippen LogP contribution in [-0.4, -0.2) is 32.2 Å². The van der Waals surface area contributed by atoms with Gasteiger partial charge in [0.1, 0.15) is 0 Å². The lowest BCUT2D eigenvalue weighted by Gasteiger charge is -2.13. The number of carbonyl (C=O) groups is 1. The summed E-state index contributed by atoms with van der Waals surface area (Å²) in [6.45, 7) is 1.92. The van der Waals surface area contributed by atoms with Gasteiger partial charge in [-0.1, -0.05) is 36.4 Å². The van der Waals surface area contributed by atoms with Crippen molar-refractivity contribution in [3.63, 3.8) is 0 Å². The summed E-state index contributed by atoms with van der Waals surface area (Å²) < 4.78 is 16.1. The second-order valence-corrected chi connectivity index (χ2v) is 7.28. The number of amides is 1. The maximum absolute atomic E-state index is 12.7. The fourth-order valence-electron chi connectivity index (χ4n) is 3.74. The number of nitrogens with zero attached hydrogens (tertiary/aromatic N) is 1. The first-order chi connectivity index (χ1) is 15.5. The van der Waals surface area contributed by atoms with Crippen LogP contribution in [0.3, 0.4) is 0 Å². The minimum atomic E-state index is -0.251. The highest BCUT2D eigenvalue weighted by Crippen LogP contribution is 2.38. The topological polar surface area (TPSA) is 69.7 Å². The van der Waals surface area contributed by atoms with E-state index in [1.807, 2.05) is 43.3 Å². The maximum Gasteiger partial charge on any atom is 0.248 e. The fourth-order valence-corrected chi connectivity index (χ4v) is 3.74. The van der Waals surface area contributed by atoms with Crippen molar-refractivity contribution in [1.29, 1.82) is 0 Å². The molecule has 0 spiro atoms. The smallest absolute Gasteiger partial charge is 0.248 e. The van der Waals surface area contributed by atoms with E-state index in [0.29, 0.717) is 17.2 Å². The van der Waals surface area contributed by atoms with Crippen LogP contribution >= 0.6 is 0 Å². The minimum Gasteiger partial charge on any atom is -0.493 e. The van der Waals surface area contributed by atoms with E-state index in [1.54, 1.807) is 39.5 Å². The molecule has 0 saturated heterocycles. The Morgan fingerprint density at radius 3 is 2.31 bits per heavy atom. The molecule has 0 saturated carbocycles. The minimum absolute atomic E-state index is 0.251. The standard InChI is InChI=1S/C26H24N2O4/c1-16-13-21(20-11-10-18-7-5-6-8-19(18)25(20)27-16)28-24(29)12-9-17-14-22(30-2)26(32-4)23(15-17)31-3/h5-15H,1-4H3,(H,27,28,29)/b12-9+. The van der Waals surface area contributed by atoms with E-state index < -0.39 is 0 Å². The third-order valence-electron chi connectivity index (χ3n) is 5.20. The molecule has 4 aromatic rings. The molecule has 0 unspecified atom stereocenters. The van der Waals surface area contributed by atoms with E-state index in [-0.39, 0.29) is 5.91 Å². The lowest BCUT2D eigenvalue weighted by atomic mass is 10.0. The Labute approximate surface area is 186 Å². The second kappa shape index (κ2) is 8.98. The van der Waals surface area contributed by atoms with Crippen molar-refractivity contribution in [2.24, 2.45) is 0 Å². The Morgan fingerprint density at radius 2 is 1.62 bits per heavy atom. The summed E-state index contributed by atoms with van der Waals surface area (Å²) in [5, 5.41) is 6.04. The fraction of sp³-hybridized carbons (Fsp3) is 0.154. The zero-order valence-electron chi connectivity index (χ0n) is 18.4. The van der Waals surface area contributed by atoms with Gasteiger partial charge in [0.25, 0.3) is 0 Å². The number of benzene rings is 3. The van der Waals surface area contributed by atoms with Crippen molar-refractivity contribution in [2.45, 2.75) is 6.92 Å². The van der Waals surface area contributed by atoms with Crippen LogP contribution < -0.4 is 19.5 Å².